The fourth-order valence-electron chi connectivity index (χ4n) is 4.63. The van der Waals surface area contributed by atoms with Crippen molar-refractivity contribution >= 4 is 0 Å². The molecule has 0 heterocycles. The number of hydrogen-bond donors (Lipinski definition) is 0. The van der Waals surface area contributed by atoms with Crippen molar-refractivity contribution in [1.29, 1.82) is 0 Å². The van der Waals surface area contributed by atoms with Gasteiger partial charge in [-0.3, -0.25) is 0 Å². The van der Waals surface area contributed by atoms with Gasteiger partial charge in [-0.2, -0.15) is 34.9 Å². The average molecular weight is 422 g/mol. The van der Waals surface area contributed by atoms with Crippen molar-refractivity contribution in [3.8, 4) is 0 Å². The molecule has 137 valence electrons. The number of aryl methyl sites for hydroxylation is 4. The molecular weight excluding hydrogens is 389 g/mol. The van der Waals surface area contributed by atoms with E-state index in [1.807, 2.05) is 0 Å². The van der Waals surface area contributed by atoms with Gasteiger partial charge in [0.15, 0.2) is 0 Å². The maximum absolute atomic E-state index is 3.38. The van der Waals surface area contributed by atoms with Gasteiger partial charge in [0.25, 0.3) is 0 Å². The van der Waals surface area contributed by atoms with Crippen molar-refractivity contribution in [1.82, 2.24) is 0 Å². The van der Waals surface area contributed by atoms with E-state index in [4.69, 9.17) is 0 Å². The smallest absolute Gasteiger partial charge is 0 e. The summed E-state index contributed by atoms with van der Waals surface area (Å²) in [4.78, 5) is 0. The fraction of sp³-hybridized carbons (Fsp3) is 0.520. The molecule has 0 nitrogen and oxygen atoms in total. The molecule has 1 saturated carbocycles. The molecule has 1 aliphatic rings. The van der Waals surface area contributed by atoms with E-state index < -0.39 is 0 Å². The number of benzene rings is 2. The van der Waals surface area contributed by atoms with Crippen LogP contribution < -0.4 is 0 Å². The minimum absolute atomic E-state index is 0. The molecule has 1 fully saturated rings. The van der Waals surface area contributed by atoms with Crippen LogP contribution in [0.4, 0.5) is 0 Å². The molecule has 0 aromatic heterocycles. The second-order valence-electron chi connectivity index (χ2n) is 8.57. The molecule has 1 heteroatoms. The van der Waals surface area contributed by atoms with Gasteiger partial charge in [0.2, 0.25) is 0 Å². The topological polar surface area (TPSA) is 0 Å². The molecule has 0 saturated heterocycles. The van der Waals surface area contributed by atoms with E-state index in [1.165, 1.54) is 65.5 Å². The average Bonchev–Trinajstić information content (AvgIpc) is 2.52. The Morgan fingerprint density at radius 1 is 0.808 bits per heavy atom. The van der Waals surface area contributed by atoms with Gasteiger partial charge in [0.05, 0.1) is 0 Å². The van der Waals surface area contributed by atoms with Crippen LogP contribution in [-0.2, 0) is 45.6 Å². The third-order valence-corrected chi connectivity index (χ3v) is 5.99. The minimum Gasteiger partial charge on any atom is -0.177 e. The van der Waals surface area contributed by atoms with Crippen LogP contribution in [0.15, 0.2) is 24.3 Å². The Bertz CT molecular complexity index is 693. The molecule has 26 heavy (non-hydrogen) atoms. The first kappa shape index (κ1) is 21.8. The number of hydrogen-bond acceptors (Lipinski definition) is 0. The molecule has 0 spiro atoms. The summed E-state index contributed by atoms with van der Waals surface area (Å²) >= 11 is 0. The summed E-state index contributed by atoms with van der Waals surface area (Å²) in [5, 5.41) is 0. The Balaban J connectivity index is 0.00000243. The molecule has 0 aliphatic heterocycles. The van der Waals surface area contributed by atoms with Gasteiger partial charge in [0, 0.05) is 32.7 Å². The Hall–Kier alpha value is -0.456. The predicted molar refractivity (Wildman–Crippen MR) is 108 cm³/mol. The van der Waals surface area contributed by atoms with E-state index in [9.17, 15) is 0 Å². The normalized spacial score (nSPS) is 19.9. The van der Waals surface area contributed by atoms with E-state index in [1.54, 1.807) is 5.56 Å². The Morgan fingerprint density at radius 2 is 1.35 bits per heavy atom. The van der Waals surface area contributed by atoms with Crippen molar-refractivity contribution in [2.75, 3.05) is 0 Å². The van der Waals surface area contributed by atoms with E-state index >= 15 is 0 Å². The SMILES string of the molecule is Cc1[c-]c(C)cc(Cc2c(C)cc(CC3CCC(C)CC3)cc2C)c1.[Y]. The van der Waals surface area contributed by atoms with Crippen LogP contribution in [0.25, 0.3) is 0 Å². The summed E-state index contributed by atoms with van der Waals surface area (Å²) in [5.74, 6) is 1.84. The second kappa shape index (κ2) is 9.65. The molecule has 0 unspecified atom stereocenters. The molecular formula is C25H33Y-. The summed E-state index contributed by atoms with van der Waals surface area (Å²) in [6.07, 6.45) is 7.98. The van der Waals surface area contributed by atoms with Gasteiger partial charge in [0.1, 0.15) is 0 Å². The summed E-state index contributed by atoms with van der Waals surface area (Å²) in [6.45, 7) is 11.3. The summed E-state index contributed by atoms with van der Waals surface area (Å²) in [7, 11) is 0. The zero-order chi connectivity index (χ0) is 18.0. The molecule has 3 rings (SSSR count). The summed E-state index contributed by atoms with van der Waals surface area (Å²) in [5.41, 5.74) is 9.87. The van der Waals surface area contributed by atoms with Crippen molar-refractivity contribution in [3.63, 3.8) is 0 Å². The van der Waals surface area contributed by atoms with Crippen molar-refractivity contribution in [2.24, 2.45) is 11.8 Å². The zero-order valence-electron chi connectivity index (χ0n) is 17.3. The quantitative estimate of drug-likeness (QED) is 0.482. The molecule has 0 N–H and O–H groups in total. The zero-order valence-corrected chi connectivity index (χ0v) is 20.1. The minimum atomic E-state index is 0. The second-order valence-corrected chi connectivity index (χ2v) is 8.57. The largest absolute Gasteiger partial charge is 0.177 e. The van der Waals surface area contributed by atoms with Gasteiger partial charge < -0.3 is 0 Å². The maximum Gasteiger partial charge on any atom is 0 e. The van der Waals surface area contributed by atoms with E-state index in [2.05, 4.69) is 65.0 Å². The van der Waals surface area contributed by atoms with Crippen LogP contribution in [-0.4, -0.2) is 0 Å². The van der Waals surface area contributed by atoms with Crippen LogP contribution in [0.1, 0.15) is 71.6 Å². The van der Waals surface area contributed by atoms with Gasteiger partial charge in [-0.1, -0.05) is 45.7 Å². The van der Waals surface area contributed by atoms with E-state index in [-0.39, 0.29) is 32.7 Å². The van der Waals surface area contributed by atoms with Crippen molar-refractivity contribution in [3.05, 3.63) is 69.3 Å². The van der Waals surface area contributed by atoms with Crippen molar-refractivity contribution < 1.29 is 32.7 Å². The molecule has 0 bridgehead atoms. The summed E-state index contributed by atoms with van der Waals surface area (Å²) < 4.78 is 0. The Labute approximate surface area is 186 Å². The van der Waals surface area contributed by atoms with Crippen molar-refractivity contribution in [2.45, 2.75) is 73.1 Å². The van der Waals surface area contributed by atoms with Crippen LogP contribution >= 0.6 is 0 Å². The molecule has 1 radical (unpaired) electrons. The van der Waals surface area contributed by atoms with Crippen LogP contribution in [0.5, 0.6) is 0 Å². The first-order chi connectivity index (χ1) is 11.9. The molecule has 2 aromatic rings. The molecule has 0 amide bonds. The van der Waals surface area contributed by atoms with E-state index in [0.717, 1.165) is 18.3 Å². The molecule has 0 atom stereocenters. The first-order valence-electron chi connectivity index (χ1n) is 9.99. The van der Waals surface area contributed by atoms with Crippen LogP contribution in [0.3, 0.4) is 0 Å². The third-order valence-electron chi connectivity index (χ3n) is 5.99. The Kier molecular flexibility index (Phi) is 8.11. The third kappa shape index (κ3) is 5.77. The standard InChI is InChI=1S/C25H33.Y/c1-17-6-8-22(9-7-17)15-24-13-20(4)25(21(5)14-24)16-23-11-18(2)10-19(3)12-23;/h11-14,17,22H,6-9,15-16H2,1-5H3;/q-1;. The Morgan fingerprint density at radius 3 is 1.88 bits per heavy atom. The van der Waals surface area contributed by atoms with Gasteiger partial charge in [-0.15, -0.1) is 0 Å². The summed E-state index contributed by atoms with van der Waals surface area (Å²) in [6, 6.07) is 12.9. The van der Waals surface area contributed by atoms with E-state index in [0.29, 0.717) is 0 Å². The number of rotatable bonds is 4. The van der Waals surface area contributed by atoms with Crippen LogP contribution in [0.2, 0.25) is 0 Å². The fourth-order valence-corrected chi connectivity index (χ4v) is 4.63. The van der Waals surface area contributed by atoms with Crippen LogP contribution in [0, 0.1) is 45.6 Å². The van der Waals surface area contributed by atoms with Gasteiger partial charge >= 0.3 is 0 Å². The monoisotopic (exact) mass is 422 g/mol. The predicted octanol–water partition coefficient (Wildman–Crippen LogP) is 6.68. The first-order valence-corrected chi connectivity index (χ1v) is 9.99. The molecule has 1 aliphatic carbocycles. The maximum atomic E-state index is 3.38. The van der Waals surface area contributed by atoms with Gasteiger partial charge in [-0.05, 0) is 73.6 Å². The molecule has 2 aromatic carbocycles. The van der Waals surface area contributed by atoms with Gasteiger partial charge in [-0.25, -0.2) is 0 Å².